The Morgan fingerprint density at radius 2 is 1.86 bits per heavy atom. The van der Waals surface area contributed by atoms with Crippen LogP contribution in [0, 0.1) is 11.8 Å². The molecule has 0 radical (unpaired) electrons. The molecule has 2 aromatic rings. The molecule has 1 heterocycles. The highest BCUT2D eigenvalue weighted by Crippen LogP contribution is 2.24. The van der Waals surface area contributed by atoms with Crippen LogP contribution in [0.4, 0.5) is 0 Å². The Kier molecular flexibility index (Phi) is 5.16. The zero-order valence-corrected chi connectivity index (χ0v) is 12.8. The summed E-state index contributed by atoms with van der Waals surface area (Å²) in [6.45, 7) is 5.25. The van der Waals surface area contributed by atoms with Crippen molar-refractivity contribution in [2.24, 2.45) is 0 Å². The third kappa shape index (κ3) is 4.64. The summed E-state index contributed by atoms with van der Waals surface area (Å²) in [5, 5.41) is 0. The number of benzene rings is 1. The van der Waals surface area contributed by atoms with E-state index in [1.165, 1.54) is 6.92 Å². The van der Waals surface area contributed by atoms with E-state index in [-0.39, 0.29) is 12.1 Å². The third-order valence-corrected chi connectivity index (χ3v) is 2.60. The molecular formula is C18H17NO3. The third-order valence-electron chi connectivity index (χ3n) is 2.60. The number of carbonyl (C=O) groups is 1. The van der Waals surface area contributed by atoms with E-state index in [2.05, 4.69) is 16.8 Å². The van der Waals surface area contributed by atoms with Gasteiger partial charge in [0.1, 0.15) is 11.5 Å². The minimum absolute atomic E-state index is 0.0561. The van der Waals surface area contributed by atoms with E-state index in [0.717, 1.165) is 5.56 Å². The fraction of sp³-hybridized carbons (Fsp3) is 0.222. The Bertz CT molecular complexity index is 712. The van der Waals surface area contributed by atoms with E-state index in [1.54, 1.807) is 30.6 Å². The van der Waals surface area contributed by atoms with Gasteiger partial charge in [-0.1, -0.05) is 11.8 Å². The molecule has 2 rings (SSSR count). The predicted octanol–water partition coefficient (Wildman–Crippen LogP) is 3.19. The molecule has 0 fully saturated rings. The van der Waals surface area contributed by atoms with Crippen LogP contribution in [-0.4, -0.2) is 17.1 Å². The first kappa shape index (κ1) is 15.6. The molecule has 112 valence electrons. The molecule has 0 unspecified atom stereocenters. The maximum atomic E-state index is 11.2. The zero-order chi connectivity index (χ0) is 15.9. The molecule has 4 nitrogen and oxygen atoms in total. The standard InChI is InChI=1S/C18H17NO3/c1-13(2)21-17-6-7-18(22-14(3)20)16(12-17)5-4-15-8-10-19-11-9-15/h6-13H,1-3H3. The van der Waals surface area contributed by atoms with Crippen molar-refractivity contribution >= 4 is 5.97 Å². The van der Waals surface area contributed by atoms with E-state index in [9.17, 15) is 4.79 Å². The maximum Gasteiger partial charge on any atom is 0.308 e. The molecule has 0 N–H and O–H groups in total. The largest absolute Gasteiger partial charge is 0.491 e. The van der Waals surface area contributed by atoms with Crippen LogP contribution in [0.3, 0.4) is 0 Å². The van der Waals surface area contributed by atoms with Gasteiger partial charge in [-0.2, -0.15) is 0 Å². The monoisotopic (exact) mass is 295 g/mol. The number of rotatable bonds is 3. The van der Waals surface area contributed by atoms with Gasteiger partial charge in [0.05, 0.1) is 11.7 Å². The summed E-state index contributed by atoms with van der Waals surface area (Å²) in [5.41, 5.74) is 1.43. The van der Waals surface area contributed by atoms with Crippen molar-refractivity contribution in [1.29, 1.82) is 0 Å². The van der Waals surface area contributed by atoms with E-state index in [1.807, 2.05) is 26.0 Å². The molecular weight excluding hydrogens is 278 g/mol. The Labute approximate surface area is 130 Å². The number of nitrogens with zero attached hydrogens (tertiary/aromatic N) is 1. The second kappa shape index (κ2) is 7.28. The minimum atomic E-state index is -0.385. The fourth-order valence-electron chi connectivity index (χ4n) is 1.77. The Morgan fingerprint density at radius 1 is 1.14 bits per heavy atom. The molecule has 0 spiro atoms. The van der Waals surface area contributed by atoms with Crippen LogP contribution >= 0.6 is 0 Å². The van der Waals surface area contributed by atoms with Crippen LogP contribution in [-0.2, 0) is 4.79 Å². The van der Waals surface area contributed by atoms with Crippen molar-refractivity contribution in [3.63, 3.8) is 0 Å². The topological polar surface area (TPSA) is 48.4 Å². The molecule has 0 amide bonds. The molecule has 22 heavy (non-hydrogen) atoms. The van der Waals surface area contributed by atoms with E-state index >= 15 is 0 Å². The van der Waals surface area contributed by atoms with Gasteiger partial charge in [-0.05, 0) is 44.2 Å². The molecule has 0 atom stereocenters. The summed E-state index contributed by atoms with van der Waals surface area (Å²) < 4.78 is 10.8. The summed E-state index contributed by atoms with van der Waals surface area (Å²) in [4.78, 5) is 15.1. The van der Waals surface area contributed by atoms with Crippen LogP contribution in [0.5, 0.6) is 11.5 Å². The smallest absolute Gasteiger partial charge is 0.308 e. The SMILES string of the molecule is CC(=O)Oc1ccc(OC(C)C)cc1C#Cc1ccncc1. The van der Waals surface area contributed by atoms with Gasteiger partial charge in [-0.25, -0.2) is 0 Å². The predicted molar refractivity (Wildman–Crippen MR) is 83.7 cm³/mol. The van der Waals surface area contributed by atoms with Crippen LogP contribution in [0.15, 0.2) is 42.7 Å². The van der Waals surface area contributed by atoms with E-state index < -0.39 is 0 Å². The minimum Gasteiger partial charge on any atom is -0.491 e. The van der Waals surface area contributed by atoms with Crippen LogP contribution in [0.2, 0.25) is 0 Å². The van der Waals surface area contributed by atoms with Gasteiger partial charge in [0.25, 0.3) is 0 Å². The number of carbonyl (C=O) groups excluding carboxylic acids is 1. The number of ether oxygens (including phenoxy) is 2. The van der Waals surface area contributed by atoms with Crippen molar-refractivity contribution in [3.05, 3.63) is 53.9 Å². The quantitative estimate of drug-likeness (QED) is 0.496. The lowest BCUT2D eigenvalue weighted by Crippen LogP contribution is -2.07. The van der Waals surface area contributed by atoms with Crippen molar-refractivity contribution < 1.29 is 14.3 Å². The normalized spacial score (nSPS) is 9.82. The molecule has 1 aromatic heterocycles. The number of hydrogen-bond acceptors (Lipinski definition) is 4. The first-order valence-corrected chi connectivity index (χ1v) is 6.96. The summed E-state index contributed by atoms with van der Waals surface area (Å²) in [7, 11) is 0. The fourth-order valence-corrected chi connectivity index (χ4v) is 1.77. The summed E-state index contributed by atoms with van der Waals surface area (Å²) >= 11 is 0. The van der Waals surface area contributed by atoms with Crippen molar-refractivity contribution in [2.75, 3.05) is 0 Å². The Balaban J connectivity index is 2.36. The highest BCUT2D eigenvalue weighted by Gasteiger charge is 2.07. The molecule has 0 aliphatic rings. The first-order chi connectivity index (χ1) is 10.5. The van der Waals surface area contributed by atoms with Crippen LogP contribution in [0.25, 0.3) is 0 Å². The van der Waals surface area contributed by atoms with Crippen molar-refractivity contribution in [3.8, 4) is 23.3 Å². The number of aromatic nitrogens is 1. The van der Waals surface area contributed by atoms with Crippen LogP contribution < -0.4 is 9.47 Å². The summed E-state index contributed by atoms with van der Waals surface area (Å²) in [6.07, 6.45) is 3.41. The van der Waals surface area contributed by atoms with Gasteiger partial charge < -0.3 is 9.47 Å². The molecule has 0 aliphatic heterocycles. The van der Waals surface area contributed by atoms with Gasteiger partial charge in [-0.15, -0.1) is 0 Å². The Hall–Kier alpha value is -2.80. The summed E-state index contributed by atoms with van der Waals surface area (Å²) in [5.74, 6) is 6.75. The second-order valence-electron chi connectivity index (χ2n) is 4.90. The highest BCUT2D eigenvalue weighted by atomic mass is 16.5. The molecule has 1 aromatic carbocycles. The van der Waals surface area contributed by atoms with E-state index in [4.69, 9.17) is 9.47 Å². The molecule has 4 heteroatoms. The molecule has 0 aliphatic carbocycles. The lowest BCUT2D eigenvalue weighted by Gasteiger charge is -2.11. The molecule has 0 saturated carbocycles. The van der Waals surface area contributed by atoms with Crippen molar-refractivity contribution in [1.82, 2.24) is 4.98 Å². The lowest BCUT2D eigenvalue weighted by molar-refractivity contribution is -0.131. The summed E-state index contributed by atoms with van der Waals surface area (Å²) in [6, 6.07) is 8.85. The van der Waals surface area contributed by atoms with Gasteiger partial charge in [0.15, 0.2) is 0 Å². The van der Waals surface area contributed by atoms with Gasteiger partial charge >= 0.3 is 5.97 Å². The van der Waals surface area contributed by atoms with E-state index in [0.29, 0.717) is 17.1 Å². The van der Waals surface area contributed by atoms with Crippen molar-refractivity contribution in [2.45, 2.75) is 26.9 Å². The number of pyridine rings is 1. The highest BCUT2D eigenvalue weighted by molar-refractivity contribution is 5.71. The van der Waals surface area contributed by atoms with Crippen LogP contribution in [0.1, 0.15) is 31.9 Å². The average Bonchev–Trinajstić information content (AvgIpc) is 2.47. The number of esters is 1. The zero-order valence-electron chi connectivity index (χ0n) is 12.8. The lowest BCUT2D eigenvalue weighted by atomic mass is 10.1. The maximum absolute atomic E-state index is 11.2. The molecule has 0 saturated heterocycles. The average molecular weight is 295 g/mol. The first-order valence-electron chi connectivity index (χ1n) is 6.96. The van der Waals surface area contributed by atoms with Gasteiger partial charge in [0.2, 0.25) is 0 Å². The van der Waals surface area contributed by atoms with Gasteiger partial charge in [-0.3, -0.25) is 9.78 Å². The molecule has 0 bridgehead atoms. The van der Waals surface area contributed by atoms with Gasteiger partial charge in [0, 0.05) is 24.9 Å². The second-order valence-corrected chi connectivity index (χ2v) is 4.90. The Morgan fingerprint density at radius 3 is 2.50 bits per heavy atom. The number of hydrogen-bond donors (Lipinski definition) is 0.